The number of aryl methyl sites for hydroxylation is 2. The molecule has 1 aliphatic rings. The Balaban J connectivity index is 1.31. The fourth-order valence-corrected chi connectivity index (χ4v) is 4.73. The smallest absolute Gasteiger partial charge is 0.408 e. The number of hydrogen-bond acceptors (Lipinski definition) is 3. The highest BCUT2D eigenvalue weighted by atomic mass is 19.1. The van der Waals surface area contributed by atoms with Crippen LogP contribution in [-0.4, -0.2) is 29.1 Å². The molecule has 0 atom stereocenters. The van der Waals surface area contributed by atoms with Gasteiger partial charge >= 0.3 is 5.76 Å². The van der Waals surface area contributed by atoms with Gasteiger partial charge in [0.1, 0.15) is 5.82 Å². The van der Waals surface area contributed by atoms with E-state index in [9.17, 15) is 9.18 Å². The lowest BCUT2D eigenvalue weighted by atomic mass is 9.90. The van der Waals surface area contributed by atoms with Crippen LogP contribution in [0.4, 0.5) is 4.39 Å². The van der Waals surface area contributed by atoms with E-state index in [1.807, 2.05) is 41.8 Å². The van der Waals surface area contributed by atoms with Crippen molar-refractivity contribution in [3.63, 3.8) is 0 Å². The molecule has 0 radical (unpaired) electrons. The van der Waals surface area contributed by atoms with Crippen LogP contribution < -0.4 is 5.76 Å². The number of nitrogens with zero attached hydrogens (tertiary/aromatic N) is 2. The third kappa shape index (κ3) is 4.30. The Morgan fingerprint density at radius 2 is 1.90 bits per heavy atom. The molecular weight excluding hydrogens is 367 g/mol. The quantitative estimate of drug-likeness (QED) is 0.582. The van der Waals surface area contributed by atoms with Gasteiger partial charge in [0.05, 0.1) is 5.52 Å². The summed E-state index contributed by atoms with van der Waals surface area (Å²) in [6, 6.07) is 13.5. The first-order chi connectivity index (χ1) is 14.0. The minimum absolute atomic E-state index is 0.162. The lowest BCUT2D eigenvalue weighted by molar-refractivity contribution is 0.164. The van der Waals surface area contributed by atoms with Crippen LogP contribution in [0, 0.1) is 12.7 Å². The van der Waals surface area contributed by atoms with Gasteiger partial charge in [-0.05, 0) is 94.4 Å². The normalized spacial score (nSPS) is 19.9. The summed E-state index contributed by atoms with van der Waals surface area (Å²) in [5, 5.41) is 0. The molecule has 0 spiro atoms. The molecule has 1 heterocycles. The number of aromatic nitrogens is 1. The summed E-state index contributed by atoms with van der Waals surface area (Å²) in [5.74, 6) is -0.401. The second-order valence-corrected chi connectivity index (χ2v) is 8.32. The fourth-order valence-electron chi connectivity index (χ4n) is 4.73. The Kier molecular flexibility index (Phi) is 5.86. The van der Waals surface area contributed by atoms with Crippen LogP contribution >= 0.6 is 0 Å². The Morgan fingerprint density at radius 3 is 2.66 bits per heavy atom. The molecule has 1 fully saturated rings. The molecular formula is C24H29FN2O2. The van der Waals surface area contributed by atoms with Gasteiger partial charge < -0.3 is 9.32 Å². The summed E-state index contributed by atoms with van der Waals surface area (Å²) in [5.41, 5.74) is 3.84. The van der Waals surface area contributed by atoms with Gasteiger partial charge in [-0.1, -0.05) is 18.2 Å². The lowest BCUT2D eigenvalue weighted by Crippen LogP contribution is -2.37. The average Bonchev–Trinajstić information content (AvgIpc) is 3.05. The topological polar surface area (TPSA) is 38.4 Å². The second-order valence-electron chi connectivity index (χ2n) is 8.32. The number of oxazole rings is 1. The first kappa shape index (κ1) is 19.9. The molecule has 4 rings (SSSR count). The molecule has 29 heavy (non-hydrogen) atoms. The van der Waals surface area contributed by atoms with E-state index in [1.165, 1.54) is 5.56 Å². The molecule has 3 aromatic rings. The molecule has 2 aromatic carbocycles. The van der Waals surface area contributed by atoms with Crippen molar-refractivity contribution < 1.29 is 8.81 Å². The number of hydrogen-bond donors (Lipinski definition) is 0. The van der Waals surface area contributed by atoms with Gasteiger partial charge in [-0.3, -0.25) is 4.57 Å². The Labute approximate surface area is 170 Å². The highest BCUT2D eigenvalue weighted by Gasteiger charge is 2.27. The molecule has 0 saturated heterocycles. The molecule has 0 aliphatic heterocycles. The summed E-state index contributed by atoms with van der Waals surface area (Å²) in [7, 11) is 2.20. The SMILES string of the molecule is Cc1cc(F)ccc1CCCN(C)C1CCC(n2c(=O)oc3ccccc32)CC1. The summed E-state index contributed by atoms with van der Waals surface area (Å²) in [4.78, 5) is 14.8. The summed E-state index contributed by atoms with van der Waals surface area (Å²) in [6.45, 7) is 3.01. The van der Waals surface area contributed by atoms with Crippen molar-refractivity contribution in [3.05, 3.63) is 70.0 Å². The summed E-state index contributed by atoms with van der Waals surface area (Å²) in [6.07, 6.45) is 6.20. The van der Waals surface area contributed by atoms with Crippen LogP contribution in [0.3, 0.4) is 0 Å². The van der Waals surface area contributed by atoms with E-state index in [0.29, 0.717) is 11.6 Å². The largest absolute Gasteiger partial charge is 0.420 e. The van der Waals surface area contributed by atoms with Crippen molar-refractivity contribution in [2.45, 2.75) is 57.5 Å². The average molecular weight is 397 g/mol. The molecule has 5 heteroatoms. The summed E-state index contributed by atoms with van der Waals surface area (Å²) >= 11 is 0. The predicted molar refractivity (Wildman–Crippen MR) is 114 cm³/mol. The number of rotatable bonds is 6. The Morgan fingerprint density at radius 1 is 1.14 bits per heavy atom. The first-order valence-corrected chi connectivity index (χ1v) is 10.6. The van der Waals surface area contributed by atoms with Crippen molar-refractivity contribution >= 4 is 11.1 Å². The highest BCUT2D eigenvalue weighted by molar-refractivity contribution is 5.72. The van der Waals surface area contributed by atoms with Crippen molar-refractivity contribution in [1.82, 2.24) is 9.47 Å². The minimum Gasteiger partial charge on any atom is -0.408 e. The zero-order valence-electron chi connectivity index (χ0n) is 17.2. The Hall–Kier alpha value is -2.40. The molecule has 0 bridgehead atoms. The minimum atomic E-state index is -0.238. The molecule has 154 valence electrons. The van der Waals surface area contributed by atoms with Gasteiger partial charge in [-0.2, -0.15) is 0 Å². The summed E-state index contributed by atoms with van der Waals surface area (Å²) < 4.78 is 20.5. The van der Waals surface area contributed by atoms with E-state index in [2.05, 4.69) is 11.9 Å². The van der Waals surface area contributed by atoms with Crippen molar-refractivity contribution in [2.24, 2.45) is 0 Å². The lowest BCUT2D eigenvalue weighted by Gasteiger charge is -2.35. The van der Waals surface area contributed by atoms with Gasteiger partial charge in [0.25, 0.3) is 0 Å². The number of fused-ring (bicyclic) bond motifs is 1. The monoisotopic (exact) mass is 396 g/mol. The van der Waals surface area contributed by atoms with E-state index in [4.69, 9.17) is 4.42 Å². The van der Waals surface area contributed by atoms with Crippen LogP contribution in [0.25, 0.3) is 11.1 Å². The third-order valence-electron chi connectivity index (χ3n) is 6.44. The van der Waals surface area contributed by atoms with E-state index in [1.54, 1.807) is 12.1 Å². The van der Waals surface area contributed by atoms with Crippen molar-refractivity contribution in [1.29, 1.82) is 0 Å². The Bertz CT molecular complexity index is 1030. The van der Waals surface area contributed by atoms with E-state index in [-0.39, 0.29) is 17.6 Å². The van der Waals surface area contributed by atoms with Gasteiger partial charge in [0, 0.05) is 12.1 Å². The van der Waals surface area contributed by atoms with Crippen LogP contribution in [0.5, 0.6) is 0 Å². The molecule has 0 N–H and O–H groups in total. The maximum absolute atomic E-state index is 13.3. The molecule has 1 saturated carbocycles. The van der Waals surface area contributed by atoms with Gasteiger partial charge in [0.15, 0.2) is 5.58 Å². The second kappa shape index (κ2) is 8.54. The maximum atomic E-state index is 13.3. The van der Waals surface area contributed by atoms with E-state index >= 15 is 0 Å². The highest BCUT2D eigenvalue weighted by Crippen LogP contribution is 2.32. The van der Waals surface area contributed by atoms with Crippen LogP contribution in [-0.2, 0) is 6.42 Å². The van der Waals surface area contributed by atoms with Crippen LogP contribution in [0.2, 0.25) is 0 Å². The molecule has 0 unspecified atom stereocenters. The predicted octanol–water partition coefficient (Wildman–Crippen LogP) is 5.09. The number of benzene rings is 2. The van der Waals surface area contributed by atoms with Crippen LogP contribution in [0.1, 0.15) is 49.3 Å². The standard InChI is InChI=1S/C24H29FN2O2/c1-17-16-19(25)10-9-18(17)6-5-15-26(2)20-11-13-21(14-12-20)27-22-7-3-4-8-23(22)29-24(27)28/h3-4,7-10,16,20-21H,5-6,11-15H2,1-2H3. The van der Waals surface area contributed by atoms with Crippen molar-refractivity contribution in [3.8, 4) is 0 Å². The van der Waals surface area contributed by atoms with Crippen LogP contribution in [0.15, 0.2) is 51.7 Å². The molecule has 4 nitrogen and oxygen atoms in total. The number of para-hydroxylation sites is 2. The molecule has 1 aromatic heterocycles. The third-order valence-corrected chi connectivity index (χ3v) is 6.44. The maximum Gasteiger partial charge on any atom is 0.420 e. The molecule has 1 aliphatic carbocycles. The van der Waals surface area contributed by atoms with Gasteiger partial charge in [0.2, 0.25) is 0 Å². The zero-order chi connectivity index (χ0) is 20.4. The van der Waals surface area contributed by atoms with E-state index in [0.717, 1.165) is 56.1 Å². The van der Waals surface area contributed by atoms with Gasteiger partial charge in [-0.15, -0.1) is 0 Å². The fraction of sp³-hybridized carbons (Fsp3) is 0.458. The zero-order valence-corrected chi connectivity index (χ0v) is 17.2. The number of halogens is 1. The van der Waals surface area contributed by atoms with E-state index < -0.39 is 0 Å². The van der Waals surface area contributed by atoms with Gasteiger partial charge in [-0.25, -0.2) is 9.18 Å². The first-order valence-electron chi connectivity index (χ1n) is 10.6. The van der Waals surface area contributed by atoms with Crippen molar-refractivity contribution in [2.75, 3.05) is 13.6 Å². The molecule has 0 amide bonds.